The van der Waals surface area contributed by atoms with Gasteiger partial charge in [0.25, 0.3) is 0 Å². The Bertz CT molecular complexity index is 238. The molecule has 1 aliphatic carbocycles. The molecule has 0 aromatic carbocycles. The zero-order valence-corrected chi connectivity index (χ0v) is 11.9. The first kappa shape index (κ1) is 15.4. The third-order valence-corrected chi connectivity index (χ3v) is 3.48. The molecule has 4 nitrogen and oxygen atoms in total. The van der Waals surface area contributed by atoms with Gasteiger partial charge in [0, 0.05) is 12.6 Å². The number of carbonyl (C=O) groups is 1. The average Bonchev–Trinajstić information content (AvgIpc) is 2.38. The van der Waals surface area contributed by atoms with Gasteiger partial charge in [0.05, 0.1) is 6.10 Å². The minimum atomic E-state index is 0.108. The molecule has 1 saturated carbocycles. The van der Waals surface area contributed by atoms with E-state index in [2.05, 4.69) is 0 Å². The molecule has 18 heavy (non-hydrogen) atoms. The van der Waals surface area contributed by atoms with Crippen molar-refractivity contribution >= 4 is 5.91 Å². The normalized spacial score (nSPS) is 17.1. The fourth-order valence-electron chi connectivity index (χ4n) is 2.49. The van der Waals surface area contributed by atoms with Gasteiger partial charge in [0.1, 0.15) is 6.61 Å². The van der Waals surface area contributed by atoms with E-state index >= 15 is 0 Å². The van der Waals surface area contributed by atoms with E-state index in [-0.39, 0.29) is 18.6 Å². The molecular weight excluding hydrogens is 228 g/mol. The summed E-state index contributed by atoms with van der Waals surface area (Å²) in [6, 6.07) is 0.411. The highest BCUT2D eigenvalue weighted by Gasteiger charge is 2.24. The molecule has 0 aromatic heterocycles. The molecule has 1 rings (SSSR count). The van der Waals surface area contributed by atoms with Gasteiger partial charge in [-0.2, -0.15) is 0 Å². The topological polar surface area (TPSA) is 55.6 Å². The first-order chi connectivity index (χ1) is 8.65. The SMILES string of the molecule is CC(C)OCC(=O)N(CCCN)C1CCCCC1. The molecule has 0 unspecified atom stereocenters. The predicted molar refractivity (Wildman–Crippen MR) is 73.3 cm³/mol. The number of nitrogens with two attached hydrogens (primary N) is 1. The molecule has 0 heterocycles. The van der Waals surface area contributed by atoms with Gasteiger partial charge in [0.15, 0.2) is 0 Å². The van der Waals surface area contributed by atoms with Crippen LogP contribution < -0.4 is 5.73 Å². The monoisotopic (exact) mass is 256 g/mol. The zero-order valence-electron chi connectivity index (χ0n) is 11.9. The average molecular weight is 256 g/mol. The lowest BCUT2D eigenvalue weighted by atomic mass is 9.94. The quantitative estimate of drug-likeness (QED) is 0.757. The summed E-state index contributed by atoms with van der Waals surface area (Å²) in [5.74, 6) is 0.129. The number of hydrogen-bond donors (Lipinski definition) is 1. The number of carbonyl (C=O) groups excluding carboxylic acids is 1. The van der Waals surface area contributed by atoms with Crippen molar-refractivity contribution in [3.05, 3.63) is 0 Å². The van der Waals surface area contributed by atoms with Crippen molar-refractivity contribution in [3.63, 3.8) is 0 Å². The highest BCUT2D eigenvalue weighted by atomic mass is 16.5. The van der Waals surface area contributed by atoms with Crippen LogP contribution in [-0.4, -0.2) is 42.6 Å². The standard InChI is InChI=1S/C14H28N2O2/c1-12(2)18-11-14(17)16(10-6-9-15)13-7-4-3-5-8-13/h12-13H,3-11,15H2,1-2H3. The first-order valence-corrected chi connectivity index (χ1v) is 7.26. The van der Waals surface area contributed by atoms with E-state index in [4.69, 9.17) is 10.5 Å². The predicted octanol–water partition coefficient (Wildman–Crippen LogP) is 1.92. The fourth-order valence-corrected chi connectivity index (χ4v) is 2.49. The molecule has 0 spiro atoms. The Morgan fingerprint density at radius 2 is 2.00 bits per heavy atom. The highest BCUT2D eigenvalue weighted by molar-refractivity contribution is 5.77. The number of hydrogen-bond acceptors (Lipinski definition) is 3. The van der Waals surface area contributed by atoms with Crippen molar-refractivity contribution in [2.75, 3.05) is 19.7 Å². The molecule has 0 radical (unpaired) electrons. The maximum absolute atomic E-state index is 12.2. The fraction of sp³-hybridized carbons (Fsp3) is 0.929. The number of amides is 1. The maximum atomic E-state index is 12.2. The molecule has 2 N–H and O–H groups in total. The zero-order chi connectivity index (χ0) is 13.4. The van der Waals surface area contributed by atoms with Crippen LogP contribution in [0, 0.1) is 0 Å². The second-order valence-electron chi connectivity index (χ2n) is 5.38. The summed E-state index contributed by atoms with van der Waals surface area (Å²) in [5, 5.41) is 0. The molecule has 0 atom stereocenters. The number of rotatable bonds is 7. The summed E-state index contributed by atoms with van der Waals surface area (Å²) < 4.78 is 5.43. The van der Waals surface area contributed by atoms with Gasteiger partial charge in [-0.05, 0) is 39.7 Å². The van der Waals surface area contributed by atoms with Gasteiger partial charge in [-0.15, -0.1) is 0 Å². The van der Waals surface area contributed by atoms with Crippen LogP contribution in [0.25, 0.3) is 0 Å². The Kier molecular flexibility index (Phi) is 7.28. The van der Waals surface area contributed by atoms with E-state index in [1.165, 1.54) is 19.3 Å². The van der Waals surface area contributed by atoms with Crippen molar-refractivity contribution in [3.8, 4) is 0 Å². The Hall–Kier alpha value is -0.610. The molecular formula is C14H28N2O2. The largest absolute Gasteiger partial charge is 0.369 e. The third kappa shape index (κ3) is 5.36. The van der Waals surface area contributed by atoms with Gasteiger partial charge in [0.2, 0.25) is 5.91 Å². The second-order valence-corrected chi connectivity index (χ2v) is 5.38. The molecule has 1 fully saturated rings. The smallest absolute Gasteiger partial charge is 0.248 e. The van der Waals surface area contributed by atoms with Crippen LogP contribution in [0.4, 0.5) is 0 Å². The van der Waals surface area contributed by atoms with Crippen molar-refractivity contribution in [2.45, 2.75) is 64.5 Å². The van der Waals surface area contributed by atoms with Crippen molar-refractivity contribution in [2.24, 2.45) is 5.73 Å². The van der Waals surface area contributed by atoms with Gasteiger partial charge in [-0.1, -0.05) is 19.3 Å². The molecule has 106 valence electrons. The van der Waals surface area contributed by atoms with Gasteiger partial charge < -0.3 is 15.4 Å². The molecule has 4 heteroatoms. The van der Waals surface area contributed by atoms with E-state index < -0.39 is 0 Å². The van der Waals surface area contributed by atoms with Gasteiger partial charge >= 0.3 is 0 Å². The highest BCUT2D eigenvalue weighted by Crippen LogP contribution is 2.23. The third-order valence-electron chi connectivity index (χ3n) is 3.48. The van der Waals surface area contributed by atoms with Crippen molar-refractivity contribution < 1.29 is 9.53 Å². The van der Waals surface area contributed by atoms with Crippen LogP contribution in [0.3, 0.4) is 0 Å². The van der Waals surface area contributed by atoms with Gasteiger partial charge in [-0.3, -0.25) is 4.79 Å². The van der Waals surface area contributed by atoms with Crippen molar-refractivity contribution in [1.82, 2.24) is 4.90 Å². The molecule has 0 aromatic rings. The first-order valence-electron chi connectivity index (χ1n) is 7.26. The van der Waals surface area contributed by atoms with Crippen LogP contribution in [0.1, 0.15) is 52.4 Å². The molecule has 0 saturated heterocycles. The lowest BCUT2D eigenvalue weighted by Gasteiger charge is -2.34. The number of nitrogens with zero attached hydrogens (tertiary/aromatic N) is 1. The summed E-state index contributed by atoms with van der Waals surface area (Å²) in [6.07, 6.45) is 7.04. The Morgan fingerprint density at radius 1 is 1.33 bits per heavy atom. The Morgan fingerprint density at radius 3 is 2.56 bits per heavy atom. The van der Waals surface area contributed by atoms with E-state index in [1.807, 2.05) is 18.7 Å². The Balaban J connectivity index is 2.49. The maximum Gasteiger partial charge on any atom is 0.248 e. The summed E-state index contributed by atoms with van der Waals surface area (Å²) in [4.78, 5) is 14.2. The molecule has 0 aliphatic heterocycles. The number of ether oxygens (including phenoxy) is 1. The van der Waals surface area contributed by atoms with Crippen LogP contribution in [0.2, 0.25) is 0 Å². The summed E-state index contributed by atoms with van der Waals surface area (Å²) >= 11 is 0. The molecule has 0 bridgehead atoms. The molecule has 1 amide bonds. The van der Waals surface area contributed by atoms with E-state index in [9.17, 15) is 4.79 Å². The van der Waals surface area contributed by atoms with E-state index in [0.29, 0.717) is 12.6 Å². The Labute approximate surface area is 111 Å². The minimum Gasteiger partial charge on any atom is -0.369 e. The van der Waals surface area contributed by atoms with E-state index in [0.717, 1.165) is 25.8 Å². The second kappa shape index (κ2) is 8.48. The molecule has 1 aliphatic rings. The van der Waals surface area contributed by atoms with Crippen LogP contribution in [0.15, 0.2) is 0 Å². The van der Waals surface area contributed by atoms with Gasteiger partial charge in [-0.25, -0.2) is 0 Å². The lowest BCUT2D eigenvalue weighted by Crippen LogP contribution is -2.44. The summed E-state index contributed by atoms with van der Waals surface area (Å²) in [5.41, 5.74) is 5.56. The van der Waals surface area contributed by atoms with E-state index in [1.54, 1.807) is 0 Å². The summed E-state index contributed by atoms with van der Waals surface area (Å²) in [7, 11) is 0. The van der Waals surface area contributed by atoms with Crippen LogP contribution in [0.5, 0.6) is 0 Å². The van der Waals surface area contributed by atoms with Crippen LogP contribution >= 0.6 is 0 Å². The summed E-state index contributed by atoms with van der Waals surface area (Å²) in [6.45, 7) is 5.54. The lowest BCUT2D eigenvalue weighted by molar-refractivity contribution is -0.140. The van der Waals surface area contributed by atoms with Crippen molar-refractivity contribution in [1.29, 1.82) is 0 Å². The minimum absolute atomic E-state index is 0.108. The van der Waals surface area contributed by atoms with Crippen LogP contribution in [-0.2, 0) is 9.53 Å².